The van der Waals surface area contributed by atoms with Gasteiger partial charge in [-0.05, 0) is 46.7 Å². The van der Waals surface area contributed by atoms with Gasteiger partial charge in [-0.1, -0.05) is 115 Å². The summed E-state index contributed by atoms with van der Waals surface area (Å²) in [6.07, 6.45) is 0. The highest BCUT2D eigenvalue weighted by molar-refractivity contribution is 6.09. The van der Waals surface area contributed by atoms with Crippen LogP contribution < -0.4 is 0 Å². The summed E-state index contributed by atoms with van der Waals surface area (Å²) in [4.78, 5) is 5.43. The van der Waals surface area contributed by atoms with E-state index in [0.717, 1.165) is 61.0 Å². The molecule has 7 aromatic carbocycles. The molecule has 9 rings (SSSR count). The second kappa shape index (κ2) is 8.92. The molecule has 0 aliphatic carbocycles. The van der Waals surface area contributed by atoms with E-state index >= 15 is 0 Å². The molecule has 0 saturated carbocycles. The van der Waals surface area contributed by atoms with E-state index in [0.29, 0.717) is 0 Å². The average Bonchev–Trinajstić information content (AvgIpc) is 3.63. The second-order valence-electron chi connectivity index (χ2n) is 10.8. The molecular formula is C39H24N2O. The van der Waals surface area contributed by atoms with Crippen molar-refractivity contribution < 1.29 is 4.42 Å². The molecule has 0 unspecified atom stereocenters. The molecule has 196 valence electrons. The van der Waals surface area contributed by atoms with Gasteiger partial charge in [-0.15, -0.1) is 0 Å². The highest BCUT2D eigenvalue weighted by Gasteiger charge is 2.22. The summed E-state index contributed by atoms with van der Waals surface area (Å²) in [5.74, 6) is 0.905. The molecule has 0 amide bonds. The minimum Gasteiger partial charge on any atom is -0.456 e. The molecule has 0 saturated heterocycles. The minimum atomic E-state index is 0.878. The van der Waals surface area contributed by atoms with Gasteiger partial charge in [-0.3, -0.25) is 4.57 Å². The number of imidazole rings is 1. The number of hydrogen-bond acceptors (Lipinski definition) is 2. The van der Waals surface area contributed by atoms with E-state index in [1.807, 2.05) is 12.1 Å². The third-order valence-corrected chi connectivity index (χ3v) is 8.39. The molecule has 0 aliphatic heterocycles. The van der Waals surface area contributed by atoms with Crippen LogP contribution in [-0.2, 0) is 0 Å². The van der Waals surface area contributed by atoms with Gasteiger partial charge in [0.1, 0.15) is 17.0 Å². The number of para-hydroxylation sites is 1. The fourth-order valence-electron chi connectivity index (χ4n) is 6.44. The van der Waals surface area contributed by atoms with Crippen LogP contribution in [0.2, 0.25) is 0 Å². The van der Waals surface area contributed by atoms with Crippen molar-refractivity contribution in [3.63, 3.8) is 0 Å². The largest absolute Gasteiger partial charge is 0.456 e. The van der Waals surface area contributed by atoms with Crippen LogP contribution in [0.15, 0.2) is 150 Å². The summed E-state index contributed by atoms with van der Waals surface area (Å²) in [7, 11) is 0. The smallest absolute Gasteiger partial charge is 0.145 e. The van der Waals surface area contributed by atoms with Gasteiger partial charge in [-0.2, -0.15) is 0 Å². The van der Waals surface area contributed by atoms with Crippen LogP contribution in [0.1, 0.15) is 0 Å². The van der Waals surface area contributed by atoms with Gasteiger partial charge >= 0.3 is 0 Å². The first kappa shape index (κ1) is 23.1. The number of aromatic nitrogens is 2. The molecular weight excluding hydrogens is 512 g/mol. The van der Waals surface area contributed by atoms with Crippen molar-refractivity contribution in [2.24, 2.45) is 0 Å². The van der Waals surface area contributed by atoms with E-state index in [1.54, 1.807) is 0 Å². The maximum atomic E-state index is 6.18. The lowest BCUT2D eigenvalue weighted by Gasteiger charge is -2.18. The van der Waals surface area contributed by atoms with Crippen molar-refractivity contribution in [3.05, 3.63) is 146 Å². The standard InChI is InChI=1S/C39H24N2O/c1-2-10-25(11-3-1)31-21-18-27-13-5-7-15-30(27)38(31)41-34-22-19-26-12-4-6-14-29(26)37(34)40-39(41)28-20-23-36-33(24-28)32-16-8-9-17-35(32)42-36/h1-24H. The molecule has 0 fully saturated rings. The zero-order valence-corrected chi connectivity index (χ0v) is 22.7. The Morgan fingerprint density at radius 3 is 2.00 bits per heavy atom. The number of hydrogen-bond donors (Lipinski definition) is 0. The first-order valence-electron chi connectivity index (χ1n) is 14.2. The van der Waals surface area contributed by atoms with Crippen LogP contribution in [0.3, 0.4) is 0 Å². The number of fused-ring (bicyclic) bond motifs is 7. The van der Waals surface area contributed by atoms with Gasteiger partial charge < -0.3 is 4.42 Å². The van der Waals surface area contributed by atoms with Gasteiger partial charge in [0.2, 0.25) is 0 Å². The van der Waals surface area contributed by atoms with Crippen LogP contribution in [0.25, 0.3) is 82.7 Å². The van der Waals surface area contributed by atoms with Gasteiger partial charge in [0.15, 0.2) is 0 Å². The number of rotatable bonds is 3. The summed E-state index contributed by atoms with van der Waals surface area (Å²) in [6, 6.07) is 51.4. The lowest BCUT2D eigenvalue weighted by atomic mass is 9.97. The zero-order valence-electron chi connectivity index (χ0n) is 22.7. The van der Waals surface area contributed by atoms with Crippen molar-refractivity contribution in [2.45, 2.75) is 0 Å². The Labute approximate surface area is 241 Å². The lowest BCUT2D eigenvalue weighted by Crippen LogP contribution is -2.01. The Bertz CT molecular complexity index is 2470. The van der Waals surface area contributed by atoms with Crippen molar-refractivity contribution >= 4 is 54.5 Å². The average molecular weight is 537 g/mol. The summed E-state index contributed by atoms with van der Waals surface area (Å²) >= 11 is 0. The molecule has 2 aromatic heterocycles. The SMILES string of the molecule is c1ccc(-c2ccc3ccccc3c2-n2c(-c3ccc4oc5ccccc5c4c3)nc3c4ccccc4ccc32)cc1. The molecule has 0 spiro atoms. The monoisotopic (exact) mass is 536 g/mol. The van der Waals surface area contributed by atoms with Gasteiger partial charge in [-0.25, -0.2) is 4.98 Å². The van der Waals surface area contributed by atoms with Gasteiger partial charge in [0.05, 0.1) is 16.7 Å². The molecule has 0 bridgehead atoms. The first-order chi connectivity index (χ1) is 20.8. The van der Waals surface area contributed by atoms with E-state index in [4.69, 9.17) is 9.40 Å². The van der Waals surface area contributed by atoms with E-state index in [9.17, 15) is 0 Å². The maximum Gasteiger partial charge on any atom is 0.145 e. The number of benzene rings is 7. The molecule has 0 radical (unpaired) electrons. The van der Waals surface area contributed by atoms with Crippen molar-refractivity contribution in [1.82, 2.24) is 9.55 Å². The third kappa shape index (κ3) is 3.37. The fourth-order valence-corrected chi connectivity index (χ4v) is 6.44. The van der Waals surface area contributed by atoms with Gasteiger partial charge in [0.25, 0.3) is 0 Å². The molecule has 0 atom stereocenters. The summed E-state index contributed by atoms with van der Waals surface area (Å²) in [6.45, 7) is 0. The zero-order chi connectivity index (χ0) is 27.6. The predicted molar refractivity (Wildman–Crippen MR) is 174 cm³/mol. The minimum absolute atomic E-state index is 0.878. The molecule has 9 aromatic rings. The van der Waals surface area contributed by atoms with E-state index in [1.165, 1.54) is 21.7 Å². The second-order valence-corrected chi connectivity index (χ2v) is 10.8. The maximum absolute atomic E-state index is 6.18. The first-order valence-corrected chi connectivity index (χ1v) is 14.2. The normalized spacial score (nSPS) is 11.8. The molecule has 3 heteroatoms. The van der Waals surface area contributed by atoms with E-state index in [-0.39, 0.29) is 0 Å². The Morgan fingerprint density at radius 2 is 1.14 bits per heavy atom. The molecule has 0 aliphatic rings. The Balaban J connectivity index is 1.45. The molecule has 3 nitrogen and oxygen atoms in total. The fraction of sp³-hybridized carbons (Fsp3) is 0. The highest BCUT2D eigenvalue weighted by atomic mass is 16.3. The van der Waals surface area contributed by atoms with E-state index < -0.39 is 0 Å². The Hall–Kier alpha value is -5.67. The molecule has 2 heterocycles. The third-order valence-electron chi connectivity index (χ3n) is 8.39. The molecule has 42 heavy (non-hydrogen) atoms. The summed E-state index contributed by atoms with van der Waals surface area (Å²) < 4.78 is 8.55. The quantitative estimate of drug-likeness (QED) is 0.225. The van der Waals surface area contributed by atoms with Crippen LogP contribution in [0.4, 0.5) is 0 Å². The summed E-state index contributed by atoms with van der Waals surface area (Å²) in [5.41, 5.74) is 8.35. The van der Waals surface area contributed by atoms with Crippen LogP contribution in [0.5, 0.6) is 0 Å². The van der Waals surface area contributed by atoms with Crippen molar-refractivity contribution in [1.29, 1.82) is 0 Å². The Kier molecular flexibility index (Phi) is 4.90. The van der Waals surface area contributed by atoms with Crippen LogP contribution in [0, 0.1) is 0 Å². The lowest BCUT2D eigenvalue weighted by molar-refractivity contribution is 0.669. The van der Waals surface area contributed by atoms with Crippen molar-refractivity contribution in [2.75, 3.05) is 0 Å². The van der Waals surface area contributed by atoms with Gasteiger partial charge in [0, 0.05) is 32.7 Å². The van der Waals surface area contributed by atoms with Crippen LogP contribution >= 0.6 is 0 Å². The molecule has 0 N–H and O–H groups in total. The number of furan rings is 1. The summed E-state index contributed by atoms with van der Waals surface area (Å²) in [5, 5.41) is 6.90. The van der Waals surface area contributed by atoms with Crippen molar-refractivity contribution in [3.8, 4) is 28.2 Å². The van der Waals surface area contributed by atoms with Crippen LogP contribution in [-0.4, -0.2) is 9.55 Å². The number of nitrogens with zero attached hydrogens (tertiary/aromatic N) is 2. The van der Waals surface area contributed by atoms with E-state index in [2.05, 4.69) is 138 Å². The predicted octanol–water partition coefficient (Wildman–Crippen LogP) is 10.6. The topological polar surface area (TPSA) is 31.0 Å². The highest BCUT2D eigenvalue weighted by Crippen LogP contribution is 2.41. The Morgan fingerprint density at radius 1 is 0.476 bits per heavy atom.